The molecular weight excluding hydrogens is 302 g/mol. The number of aliphatic hydroxyl groups is 2. The van der Waals surface area contributed by atoms with Gasteiger partial charge in [0.25, 0.3) is 0 Å². The molecule has 5 unspecified atom stereocenters. The molecular formula is C20H23NO3. The molecule has 0 aliphatic heterocycles. The topological polar surface area (TPSA) is 73.5 Å². The second-order valence-electron chi connectivity index (χ2n) is 7.41. The Morgan fingerprint density at radius 1 is 1.42 bits per heavy atom. The van der Waals surface area contributed by atoms with Gasteiger partial charge in [0.15, 0.2) is 0 Å². The number of hydrogen-bond acceptors (Lipinski definition) is 4. The minimum absolute atomic E-state index is 0.0129. The molecule has 0 amide bonds. The van der Waals surface area contributed by atoms with Crippen molar-refractivity contribution in [3.63, 3.8) is 0 Å². The van der Waals surface area contributed by atoms with E-state index in [1.165, 1.54) is 16.7 Å². The van der Waals surface area contributed by atoms with E-state index in [1.807, 2.05) is 6.07 Å². The van der Waals surface area contributed by atoms with E-state index in [0.717, 1.165) is 25.0 Å². The molecule has 0 heterocycles. The second kappa shape index (κ2) is 5.61. The first-order valence-corrected chi connectivity index (χ1v) is 8.73. The molecule has 24 heavy (non-hydrogen) atoms. The lowest BCUT2D eigenvalue weighted by molar-refractivity contribution is -0.0806. The van der Waals surface area contributed by atoms with Gasteiger partial charge in [0, 0.05) is 0 Å². The van der Waals surface area contributed by atoms with Crippen LogP contribution in [-0.4, -0.2) is 29.0 Å². The van der Waals surface area contributed by atoms with E-state index in [-0.39, 0.29) is 18.3 Å². The molecule has 4 nitrogen and oxygen atoms in total. The standard InChI is InChI=1S/C20H23NO3/c1-24-13-3-5-14-12(10-13)2-4-16-15(14)6-7-18-17(16)11-19(22)20(18,23)8-9-21/h3,5-6,10,16-19,22-23H,2,4,7-8,11H2,1H3. The maximum absolute atomic E-state index is 10.9. The molecule has 4 rings (SSSR count). The number of aliphatic hydroxyl groups excluding tert-OH is 1. The van der Waals surface area contributed by atoms with Crippen molar-refractivity contribution >= 4 is 5.57 Å². The van der Waals surface area contributed by atoms with Gasteiger partial charge in [0.1, 0.15) is 11.4 Å². The van der Waals surface area contributed by atoms with Crippen LogP contribution in [0.2, 0.25) is 0 Å². The van der Waals surface area contributed by atoms with Crippen molar-refractivity contribution in [2.45, 2.75) is 43.8 Å². The Hall–Kier alpha value is -1.83. The Balaban J connectivity index is 1.71. The first kappa shape index (κ1) is 15.7. The average Bonchev–Trinajstić information content (AvgIpc) is 2.85. The Kier molecular flexibility index (Phi) is 3.67. The van der Waals surface area contributed by atoms with Crippen molar-refractivity contribution in [3.05, 3.63) is 35.4 Å². The highest BCUT2D eigenvalue weighted by Crippen LogP contribution is 2.56. The van der Waals surface area contributed by atoms with E-state index < -0.39 is 11.7 Å². The first-order chi connectivity index (χ1) is 11.6. The number of allylic oxidation sites excluding steroid dienone is 2. The Morgan fingerprint density at radius 3 is 3.00 bits per heavy atom. The van der Waals surface area contributed by atoms with Gasteiger partial charge >= 0.3 is 0 Å². The van der Waals surface area contributed by atoms with Gasteiger partial charge in [-0.15, -0.1) is 0 Å². The summed E-state index contributed by atoms with van der Waals surface area (Å²) in [7, 11) is 1.69. The highest BCUT2D eigenvalue weighted by molar-refractivity contribution is 5.73. The highest BCUT2D eigenvalue weighted by Gasteiger charge is 2.56. The number of benzene rings is 1. The van der Waals surface area contributed by atoms with Gasteiger partial charge in [-0.25, -0.2) is 0 Å². The predicted octanol–water partition coefficient (Wildman–Crippen LogP) is 2.69. The van der Waals surface area contributed by atoms with Crippen LogP contribution in [0.4, 0.5) is 0 Å². The molecule has 0 radical (unpaired) electrons. The number of nitrogens with zero attached hydrogens (tertiary/aromatic N) is 1. The van der Waals surface area contributed by atoms with Crippen LogP contribution in [0, 0.1) is 29.1 Å². The zero-order valence-electron chi connectivity index (χ0n) is 13.9. The van der Waals surface area contributed by atoms with Gasteiger partial charge in [-0.2, -0.15) is 5.26 Å². The maximum atomic E-state index is 10.9. The van der Waals surface area contributed by atoms with Crippen LogP contribution in [0.5, 0.6) is 5.75 Å². The molecule has 0 spiro atoms. The van der Waals surface area contributed by atoms with Crippen LogP contribution >= 0.6 is 0 Å². The molecule has 0 saturated heterocycles. The number of hydrogen-bond donors (Lipinski definition) is 2. The van der Waals surface area contributed by atoms with Gasteiger partial charge in [0.05, 0.1) is 25.7 Å². The van der Waals surface area contributed by atoms with Crippen LogP contribution in [0.25, 0.3) is 5.57 Å². The highest BCUT2D eigenvalue weighted by atomic mass is 16.5. The normalized spacial score (nSPS) is 36.8. The lowest BCUT2D eigenvalue weighted by Crippen LogP contribution is -2.45. The van der Waals surface area contributed by atoms with Crippen molar-refractivity contribution in [1.82, 2.24) is 0 Å². The molecule has 0 aromatic heterocycles. The fourth-order valence-electron chi connectivity index (χ4n) is 5.25. The smallest absolute Gasteiger partial charge is 0.119 e. The number of fused-ring (bicyclic) bond motifs is 5. The summed E-state index contributed by atoms with van der Waals surface area (Å²) >= 11 is 0. The largest absolute Gasteiger partial charge is 0.497 e. The molecule has 5 atom stereocenters. The monoisotopic (exact) mass is 325 g/mol. The molecule has 1 aromatic rings. The molecule has 126 valence electrons. The van der Waals surface area contributed by atoms with Crippen LogP contribution in [-0.2, 0) is 6.42 Å². The van der Waals surface area contributed by atoms with E-state index in [0.29, 0.717) is 12.3 Å². The van der Waals surface area contributed by atoms with Gasteiger partial charge in [-0.05, 0) is 72.3 Å². The molecule has 1 fully saturated rings. The Labute approximate surface area is 142 Å². The average molecular weight is 325 g/mol. The summed E-state index contributed by atoms with van der Waals surface area (Å²) in [6.45, 7) is 0. The van der Waals surface area contributed by atoms with Crippen molar-refractivity contribution in [3.8, 4) is 11.8 Å². The Bertz CT molecular complexity index is 735. The molecule has 4 heteroatoms. The van der Waals surface area contributed by atoms with E-state index >= 15 is 0 Å². The third kappa shape index (κ3) is 2.12. The molecule has 1 aromatic carbocycles. The van der Waals surface area contributed by atoms with Crippen molar-refractivity contribution in [1.29, 1.82) is 5.26 Å². The van der Waals surface area contributed by atoms with Crippen molar-refractivity contribution in [2.24, 2.45) is 17.8 Å². The number of ether oxygens (including phenoxy) is 1. The quantitative estimate of drug-likeness (QED) is 0.877. The third-order valence-corrected chi connectivity index (χ3v) is 6.45. The van der Waals surface area contributed by atoms with Crippen molar-refractivity contribution in [2.75, 3.05) is 7.11 Å². The third-order valence-electron chi connectivity index (χ3n) is 6.45. The zero-order valence-corrected chi connectivity index (χ0v) is 13.9. The lowest BCUT2D eigenvalue weighted by Gasteiger charge is -2.41. The molecule has 1 saturated carbocycles. The summed E-state index contributed by atoms with van der Waals surface area (Å²) in [5.74, 6) is 1.50. The number of rotatable bonds is 2. The molecule has 2 N–H and O–H groups in total. The maximum Gasteiger partial charge on any atom is 0.119 e. The molecule has 3 aliphatic rings. The van der Waals surface area contributed by atoms with Crippen LogP contribution in [0.15, 0.2) is 24.3 Å². The first-order valence-electron chi connectivity index (χ1n) is 8.73. The molecule has 0 bridgehead atoms. The summed E-state index contributed by atoms with van der Waals surface area (Å²) in [6, 6.07) is 8.33. The van der Waals surface area contributed by atoms with Gasteiger partial charge in [-0.3, -0.25) is 0 Å². The lowest BCUT2D eigenvalue weighted by atomic mass is 9.64. The summed E-state index contributed by atoms with van der Waals surface area (Å²) in [6.07, 6.45) is 4.80. The summed E-state index contributed by atoms with van der Waals surface area (Å²) in [5, 5.41) is 30.4. The SMILES string of the molecule is COc1ccc2c(c1)CCC1C2=CCC2C1CC(O)C2(O)CC#N. The van der Waals surface area contributed by atoms with Gasteiger partial charge < -0.3 is 14.9 Å². The predicted molar refractivity (Wildman–Crippen MR) is 90.2 cm³/mol. The summed E-state index contributed by atoms with van der Waals surface area (Å²) in [5.41, 5.74) is 2.71. The van der Waals surface area contributed by atoms with Crippen molar-refractivity contribution < 1.29 is 14.9 Å². The van der Waals surface area contributed by atoms with E-state index in [2.05, 4.69) is 24.3 Å². The fourth-order valence-corrected chi connectivity index (χ4v) is 5.25. The van der Waals surface area contributed by atoms with Gasteiger partial charge in [-0.1, -0.05) is 12.1 Å². The molecule has 3 aliphatic carbocycles. The number of methoxy groups -OCH3 is 1. The van der Waals surface area contributed by atoms with E-state index in [1.54, 1.807) is 7.11 Å². The second-order valence-corrected chi connectivity index (χ2v) is 7.41. The van der Waals surface area contributed by atoms with Crippen LogP contribution < -0.4 is 4.74 Å². The number of nitriles is 1. The van der Waals surface area contributed by atoms with Gasteiger partial charge in [0.2, 0.25) is 0 Å². The summed E-state index contributed by atoms with van der Waals surface area (Å²) < 4.78 is 5.34. The fraction of sp³-hybridized carbons (Fsp3) is 0.550. The van der Waals surface area contributed by atoms with E-state index in [9.17, 15) is 10.2 Å². The minimum atomic E-state index is -1.25. The Morgan fingerprint density at radius 2 is 2.25 bits per heavy atom. The van der Waals surface area contributed by atoms with E-state index in [4.69, 9.17) is 10.00 Å². The summed E-state index contributed by atoms with van der Waals surface area (Å²) in [4.78, 5) is 0. The van der Waals surface area contributed by atoms with Crippen LogP contribution in [0.3, 0.4) is 0 Å². The number of aryl methyl sites for hydroxylation is 1. The zero-order chi connectivity index (χ0) is 16.9. The van der Waals surface area contributed by atoms with Crippen LogP contribution in [0.1, 0.15) is 36.8 Å². The minimum Gasteiger partial charge on any atom is -0.497 e.